The van der Waals surface area contributed by atoms with Crippen LogP contribution in [0.5, 0.6) is 0 Å². The molecule has 0 radical (unpaired) electrons. The third kappa shape index (κ3) is 5.30. The molecule has 0 bridgehead atoms. The Morgan fingerprint density at radius 2 is 1.50 bits per heavy atom. The first-order valence-corrected chi connectivity index (χ1v) is 9.84. The van der Waals surface area contributed by atoms with Crippen molar-refractivity contribution in [3.05, 3.63) is 90.5 Å². The third-order valence-electron chi connectivity index (χ3n) is 5.13. The van der Waals surface area contributed by atoms with E-state index in [1.807, 2.05) is 62.5 Å². The Kier molecular flexibility index (Phi) is 6.99. The summed E-state index contributed by atoms with van der Waals surface area (Å²) in [5.74, 6) is 0.0191. The molecule has 0 saturated carbocycles. The predicted molar refractivity (Wildman–Crippen MR) is 117 cm³/mol. The lowest BCUT2D eigenvalue weighted by atomic mass is 10.0. The van der Waals surface area contributed by atoms with Crippen LogP contribution < -0.4 is 5.32 Å². The molecular weight excluding hydrogens is 344 g/mol. The topological polar surface area (TPSA) is 32.3 Å². The molecule has 0 aliphatic heterocycles. The molecule has 3 aromatic rings. The van der Waals surface area contributed by atoms with Crippen molar-refractivity contribution >= 4 is 11.6 Å². The van der Waals surface area contributed by atoms with Crippen molar-refractivity contribution < 1.29 is 4.79 Å². The Morgan fingerprint density at radius 3 is 2.21 bits per heavy atom. The number of para-hydroxylation sites is 1. The SMILES string of the molecule is CC(C(=O)Nc1ccccc1-c1ccccc1)N(C)CCCc1ccccc1. The van der Waals surface area contributed by atoms with Gasteiger partial charge in [0.1, 0.15) is 0 Å². The molecule has 1 atom stereocenters. The first kappa shape index (κ1) is 19.8. The van der Waals surface area contributed by atoms with Gasteiger partial charge in [0, 0.05) is 11.3 Å². The van der Waals surface area contributed by atoms with E-state index in [1.165, 1.54) is 5.56 Å². The summed E-state index contributed by atoms with van der Waals surface area (Å²) in [6.07, 6.45) is 2.05. The standard InChI is InChI=1S/C25H28N2O/c1-20(27(2)19-11-14-21-12-5-3-6-13-21)25(28)26-24-18-10-9-17-23(24)22-15-7-4-8-16-22/h3-10,12-13,15-18,20H,11,14,19H2,1-2H3,(H,26,28). The summed E-state index contributed by atoms with van der Waals surface area (Å²) < 4.78 is 0. The highest BCUT2D eigenvalue weighted by atomic mass is 16.2. The Hall–Kier alpha value is -2.91. The van der Waals surface area contributed by atoms with Crippen LogP contribution in [0, 0.1) is 0 Å². The van der Waals surface area contributed by atoms with Gasteiger partial charge >= 0.3 is 0 Å². The van der Waals surface area contributed by atoms with E-state index in [9.17, 15) is 4.79 Å². The number of carbonyl (C=O) groups excluding carboxylic acids is 1. The molecule has 0 aliphatic carbocycles. The van der Waals surface area contributed by atoms with Crippen LogP contribution in [-0.4, -0.2) is 30.4 Å². The van der Waals surface area contributed by atoms with Crippen molar-refractivity contribution in [2.45, 2.75) is 25.8 Å². The van der Waals surface area contributed by atoms with Crippen LogP contribution in [0.1, 0.15) is 18.9 Å². The molecule has 28 heavy (non-hydrogen) atoms. The Morgan fingerprint density at radius 1 is 0.893 bits per heavy atom. The minimum atomic E-state index is -0.195. The second-order valence-electron chi connectivity index (χ2n) is 7.15. The summed E-state index contributed by atoms with van der Waals surface area (Å²) >= 11 is 0. The van der Waals surface area contributed by atoms with E-state index in [0.29, 0.717) is 0 Å². The lowest BCUT2D eigenvalue weighted by Gasteiger charge is -2.24. The lowest BCUT2D eigenvalue weighted by Crippen LogP contribution is -2.40. The number of carbonyl (C=O) groups is 1. The number of benzene rings is 3. The van der Waals surface area contributed by atoms with Gasteiger partial charge in [-0.2, -0.15) is 0 Å². The average molecular weight is 373 g/mol. The number of aryl methyl sites for hydroxylation is 1. The van der Waals surface area contributed by atoms with Crippen molar-refractivity contribution in [2.24, 2.45) is 0 Å². The quantitative estimate of drug-likeness (QED) is 0.586. The molecule has 0 heterocycles. The van der Waals surface area contributed by atoms with Gasteiger partial charge in [-0.15, -0.1) is 0 Å². The average Bonchev–Trinajstić information content (AvgIpc) is 2.75. The maximum absolute atomic E-state index is 12.8. The number of likely N-dealkylation sites (N-methyl/N-ethyl adjacent to an activating group) is 1. The first-order chi connectivity index (χ1) is 13.6. The van der Waals surface area contributed by atoms with Crippen molar-refractivity contribution in [3.8, 4) is 11.1 Å². The normalized spacial score (nSPS) is 12.0. The van der Waals surface area contributed by atoms with Gasteiger partial charge in [0.2, 0.25) is 5.91 Å². The highest BCUT2D eigenvalue weighted by Crippen LogP contribution is 2.27. The Bertz CT molecular complexity index is 877. The Balaban J connectivity index is 1.58. The van der Waals surface area contributed by atoms with Crippen molar-refractivity contribution in [3.63, 3.8) is 0 Å². The predicted octanol–water partition coefficient (Wildman–Crippen LogP) is 5.25. The molecule has 0 spiro atoms. The van der Waals surface area contributed by atoms with Gasteiger partial charge in [-0.1, -0.05) is 78.9 Å². The first-order valence-electron chi connectivity index (χ1n) is 9.84. The van der Waals surface area contributed by atoms with E-state index in [1.54, 1.807) is 0 Å². The van der Waals surface area contributed by atoms with Crippen molar-refractivity contribution in [1.29, 1.82) is 0 Å². The minimum Gasteiger partial charge on any atom is -0.324 e. The minimum absolute atomic E-state index is 0.0191. The third-order valence-corrected chi connectivity index (χ3v) is 5.13. The van der Waals surface area contributed by atoms with Crippen LogP contribution in [-0.2, 0) is 11.2 Å². The maximum Gasteiger partial charge on any atom is 0.241 e. The highest BCUT2D eigenvalue weighted by Gasteiger charge is 2.19. The smallest absolute Gasteiger partial charge is 0.241 e. The fraction of sp³-hybridized carbons (Fsp3) is 0.240. The van der Waals surface area contributed by atoms with E-state index >= 15 is 0 Å². The van der Waals surface area contributed by atoms with Gasteiger partial charge in [0.25, 0.3) is 0 Å². The number of hydrogen-bond acceptors (Lipinski definition) is 2. The molecule has 144 valence electrons. The largest absolute Gasteiger partial charge is 0.324 e. The lowest BCUT2D eigenvalue weighted by molar-refractivity contribution is -0.120. The summed E-state index contributed by atoms with van der Waals surface area (Å²) in [5.41, 5.74) is 4.32. The Labute approximate surface area is 168 Å². The van der Waals surface area contributed by atoms with Crippen LogP contribution in [0.2, 0.25) is 0 Å². The number of hydrogen-bond donors (Lipinski definition) is 1. The van der Waals surface area contributed by atoms with E-state index in [0.717, 1.165) is 36.2 Å². The molecular formula is C25H28N2O. The fourth-order valence-electron chi connectivity index (χ4n) is 3.27. The van der Waals surface area contributed by atoms with Gasteiger partial charge in [-0.25, -0.2) is 0 Å². The number of anilines is 1. The number of rotatable bonds is 8. The fourth-order valence-corrected chi connectivity index (χ4v) is 3.27. The van der Waals surface area contributed by atoms with E-state index in [2.05, 4.69) is 46.6 Å². The summed E-state index contributed by atoms with van der Waals surface area (Å²) in [4.78, 5) is 14.9. The van der Waals surface area contributed by atoms with Crippen LogP contribution in [0.25, 0.3) is 11.1 Å². The van der Waals surface area contributed by atoms with Gasteiger partial charge in [0.05, 0.1) is 6.04 Å². The molecule has 0 aromatic heterocycles. The molecule has 3 aromatic carbocycles. The van der Waals surface area contributed by atoms with E-state index < -0.39 is 0 Å². The zero-order valence-electron chi connectivity index (χ0n) is 16.6. The maximum atomic E-state index is 12.8. The van der Waals surface area contributed by atoms with Crippen molar-refractivity contribution in [1.82, 2.24) is 4.90 Å². The summed E-state index contributed by atoms with van der Waals surface area (Å²) in [5, 5.41) is 3.12. The molecule has 1 amide bonds. The second kappa shape index (κ2) is 9.86. The number of nitrogens with zero attached hydrogens (tertiary/aromatic N) is 1. The number of amides is 1. The monoisotopic (exact) mass is 372 g/mol. The molecule has 3 heteroatoms. The van der Waals surface area contributed by atoms with Crippen LogP contribution >= 0.6 is 0 Å². The van der Waals surface area contributed by atoms with Crippen LogP contribution in [0.15, 0.2) is 84.9 Å². The molecule has 1 N–H and O–H groups in total. The van der Waals surface area contributed by atoms with Crippen LogP contribution in [0.4, 0.5) is 5.69 Å². The molecule has 3 rings (SSSR count). The number of nitrogens with one attached hydrogen (secondary N) is 1. The second-order valence-corrected chi connectivity index (χ2v) is 7.15. The van der Waals surface area contributed by atoms with Gasteiger partial charge in [-0.05, 0) is 50.6 Å². The summed E-state index contributed by atoms with van der Waals surface area (Å²) in [6, 6.07) is 28.4. The molecule has 0 saturated heterocycles. The van der Waals surface area contributed by atoms with E-state index in [4.69, 9.17) is 0 Å². The molecule has 0 fully saturated rings. The van der Waals surface area contributed by atoms with Crippen molar-refractivity contribution in [2.75, 3.05) is 18.9 Å². The van der Waals surface area contributed by atoms with Gasteiger partial charge in [0.15, 0.2) is 0 Å². The van der Waals surface area contributed by atoms with Gasteiger partial charge in [-0.3, -0.25) is 9.69 Å². The molecule has 3 nitrogen and oxygen atoms in total. The summed E-state index contributed by atoms with van der Waals surface area (Å²) in [7, 11) is 2.01. The molecule has 0 aliphatic rings. The van der Waals surface area contributed by atoms with Gasteiger partial charge < -0.3 is 5.32 Å². The highest BCUT2D eigenvalue weighted by molar-refractivity contribution is 5.98. The zero-order valence-corrected chi connectivity index (χ0v) is 16.6. The summed E-state index contributed by atoms with van der Waals surface area (Å²) in [6.45, 7) is 2.84. The molecule has 1 unspecified atom stereocenters. The van der Waals surface area contributed by atoms with Crippen LogP contribution in [0.3, 0.4) is 0 Å². The van der Waals surface area contributed by atoms with E-state index in [-0.39, 0.29) is 11.9 Å². The zero-order chi connectivity index (χ0) is 19.8.